The zero-order valence-electron chi connectivity index (χ0n) is 15.6. The molecule has 1 unspecified atom stereocenters. The average molecular weight is 368 g/mol. The van der Waals surface area contributed by atoms with Crippen molar-refractivity contribution in [1.82, 2.24) is 15.0 Å². The Hall–Kier alpha value is -3.47. The first-order valence-corrected chi connectivity index (χ1v) is 9.49. The number of benzene rings is 3. The first-order chi connectivity index (χ1) is 13.7. The van der Waals surface area contributed by atoms with E-state index in [-0.39, 0.29) is 11.9 Å². The van der Waals surface area contributed by atoms with Crippen LogP contribution in [0.15, 0.2) is 72.8 Å². The van der Waals surface area contributed by atoms with Gasteiger partial charge in [-0.05, 0) is 54.8 Å². The highest BCUT2D eigenvalue weighted by Gasteiger charge is 2.31. The predicted octanol–water partition coefficient (Wildman–Crippen LogP) is 4.07. The van der Waals surface area contributed by atoms with E-state index in [1.54, 1.807) is 0 Å². The lowest BCUT2D eigenvalue weighted by Crippen LogP contribution is -2.35. The Bertz CT molecular complexity index is 1160. The van der Waals surface area contributed by atoms with Gasteiger partial charge < -0.3 is 4.90 Å². The molecule has 138 valence electrons. The largest absolute Gasteiger partial charge is 0.305 e. The number of anilines is 1. The highest BCUT2D eigenvalue weighted by molar-refractivity contribution is 6.07. The van der Waals surface area contributed by atoms with Crippen LogP contribution in [0.3, 0.4) is 0 Å². The van der Waals surface area contributed by atoms with E-state index in [1.807, 2.05) is 76.3 Å². The van der Waals surface area contributed by atoms with E-state index in [4.69, 9.17) is 0 Å². The molecule has 1 aliphatic heterocycles. The van der Waals surface area contributed by atoms with Crippen LogP contribution in [0.1, 0.15) is 28.4 Å². The van der Waals surface area contributed by atoms with Crippen LogP contribution in [-0.2, 0) is 13.0 Å². The highest BCUT2D eigenvalue weighted by atomic mass is 16.2. The molecule has 0 radical (unpaired) electrons. The maximum atomic E-state index is 13.1. The molecule has 0 saturated heterocycles. The van der Waals surface area contributed by atoms with Gasteiger partial charge in [-0.1, -0.05) is 47.7 Å². The van der Waals surface area contributed by atoms with Crippen molar-refractivity contribution in [1.29, 1.82) is 0 Å². The molecule has 0 aliphatic carbocycles. The number of rotatable bonds is 3. The van der Waals surface area contributed by atoms with Crippen LogP contribution in [0.4, 0.5) is 5.69 Å². The van der Waals surface area contributed by atoms with Crippen LogP contribution in [0.2, 0.25) is 0 Å². The molecular weight excluding hydrogens is 348 g/mol. The fraction of sp³-hybridized carbons (Fsp3) is 0.174. The Labute approximate surface area is 163 Å². The molecule has 1 aromatic heterocycles. The number of nitrogens with zero attached hydrogens (tertiary/aromatic N) is 4. The fourth-order valence-electron chi connectivity index (χ4n) is 3.97. The van der Waals surface area contributed by atoms with Crippen molar-refractivity contribution >= 4 is 22.6 Å². The summed E-state index contributed by atoms with van der Waals surface area (Å²) in [6, 6.07) is 24.0. The van der Waals surface area contributed by atoms with Gasteiger partial charge in [-0.3, -0.25) is 4.79 Å². The van der Waals surface area contributed by atoms with Crippen LogP contribution < -0.4 is 4.90 Å². The smallest absolute Gasteiger partial charge is 0.258 e. The normalized spacial score (nSPS) is 15.8. The maximum absolute atomic E-state index is 13.1. The standard InChI is InChI=1S/C23H20N4O/c1-16-14-19-6-2-4-8-21(19)27(16)23(28)18-12-10-17(11-13-18)15-26-22-9-5-3-7-20(22)24-25-26/h2-13,16H,14-15H2,1H3. The van der Waals surface area contributed by atoms with Gasteiger partial charge in [-0.15, -0.1) is 5.10 Å². The van der Waals surface area contributed by atoms with Crippen molar-refractivity contribution in [2.45, 2.75) is 25.9 Å². The van der Waals surface area contributed by atoms with Crippen LogP contribution in [0, 0.1) is 0 Å². The number of aromatic nitrogens is 3. The third-order valence-corrected chi connectivity index (χ3v) is 5.38. The van der Waals surface area contributed by atoms with E-state index in [9.17, 15) is 4.79 Å². The summed E-state index contributed by atoms with van der Waals surface area (Å²) < 4.78 is 1.88. The highest BCUT2D eigenvalue weighted by Crippen LogP contribution is 2.33. The molecule has 4 aromatic rings. The summed E-state index contributed by atoms with van der Waals surface area (Å²) >= 11 is 0. The summed E-state index contributed by atoms with van der Waals surface area (Å²) in [6.07, 6.45) is 0.902. The molecule has 0 bridgehead atoms. The monoisotopic (exact) mass is 368 g/mol. The number of hydrogen-bond donors (Lipinski definition) is 0. The van der Waals surface area contributed by atoms with Crippen LogP contribution in [-0.4, -0.2) is 26.9 Å². The Morgan fingerprint density at radius 3 is 2.61 bits per heavy atom. The third kappa shape index (κ3) is 2.76. The minimum atomic E-state index is 0.0511. The first-order valence-electron chi connectivity index (χ1n) is 9.49. The summed E-state index contributed by atoms with van der Waals surface area (Å²) in [4.78, 5) is 15.0. The Balaban J connectivity index is 1.39. The molecule has 0 spiro atoms. The molecule has 5 heteroatoms. The zero-order chi connectivity index (χ0) is 19.1. The van der Waals surface area contributed by atoms with Gasteiger partial charge in [0.05, 0.1) is 12.1 Å². The molecule has 0 fully saturated rings. The van der Waals surface area contributed by atoms with Gasteiger partial charge >= 0.3 is 0 Å². The molecule has 0 N–H and O–H groups in total. The molecule has 3 aromatic carbocycles. The van der Waals surface area contributed by atoms with Gasteiger partial charge in [0.15, 0.2) is 0 Å². The minimum absolute atomic E-state index is 0.0511. The first kappa shape index (κ1) is 16.7. The van der Waals surface area contributed by atoms with E-state index in [1.165, 1.54) is 5.56 Å². The summed E-state index contributed by atoms with van der Waals surface area (Å²) in [5.74, 6) is 0.0511. The molecule has 1 amide bonds. The van der Waals surface area contributed by atoms with E-state index < -0.39 is 0 Å². The van der Waals surface area contributed by atoms with E-state index in [0.717, 1.165) is 28.7 Å². The van der Waals surface area contributed by atoms with Crippen molar-refractivity contribution in [3.05, 3.63) is 89.5 Å². The number of amides is 1. The number of hydrogen-bond acceptors (Lipinski definition) is 3. The summed E-state index contributed by atoms with van der Waals surface area (Å²) in [6.45, 7) is 2.72. The third-order valence-electron chi connectivity index (χ3n) is 5.38. The predicted molar refractivity (Wildman–Crippen MR) is 109 cm³/mol. The van der Waals surface area contributed by atoms with Gasteiger partial charge in [0.2, 0.25) is 0 Å². The average Bonchev–Trinajstić information content (AvgIpc) is 3.28. The molecular formula is C23H20N4O. The lowest BCUT2D eigenvalue weighted by Gasteiger charge is -2.23. The number of fused-ring (bicyclic) bond motifs is 2. The Morgan fingerprint density at radius 1 is 1.00 bits per heavy atom. The second-order valence-corrected chi connectivity index (χ2v) is 7.29. The maximum Gasteiger partial charge on any atom is 0.258 e. The van der Waals surface area contributed by atoms with Gasteiger partial charge in [0, 0.05) is 17.3 Å². The summed E-state index contributed by atoms with van der Waals surface area (Å²) in [5, 5.41) is 8.43. The number of para-hydroxylation sites is 2. The lowest BCUT2D eigenvalue weighted by atomic mass is 10.1. The molecule has 1 aliphatic rings. The SMILES string of the molecule is CC1Cc2ccccc2N1C(=O)c1ccc(Cn2nnc3ccccc32)cc1. The number of carbonyl (C=O) groups is 1. The van der Waals surface area contributed by atoms with E-state index in [0.29, 0.717) is 12.1 Å². The topological polar surface area (TPSA) is 51.0 Å². The van der Waals surface area contributed by atoms with Crippen molar-refractivity contribution in [2.24, 2.45) is 0 Å². The lowest BCUT2D eigenvalue weighted by molar-refractivity contribution is 0.0981. The Morgan fingerprint density at radius 2 is 1.75 bits per heavy atom. The van der Waals surface area contributed by atoms with Crippen molar-refractivity contribution in [3.8, 4) is 0 Å². The fourth-order valence-corrected chi connectivity index (χ4v) is 3.97. The van der Waals surface area contributed by atoms with E-state index >= 15 is 0 Å². The second kappa shape index (κ2) is 6.60. The van der Waals surface area contributed by atoms with Crippen molar-refractivity contribution in [3.63, 3.8) is 0 Å². The molecule has 1 atom stereocenters. The summed E-state index contributed by atoms with van der Waals surface area (Å²) in [5.41, 5.74) is 5.94. The molecule has 2 heterocycles. The molecule has 5 nitrogen and oxygen atoms in total. The minimum Gasteiger partial charge on any atom is -0.305 e. The van der Waals surface area contributed by atoms with Gasteiger partial charge in [-0.2, -0.15) is 0 Å². The quantitative estimate of drug-likeness (QED) is 0.548. The Kier molecular flexibility index (Phi) is 3.93. The van der Waals surface area contributed by atoms with Gasteiger partial charge in [0.1, 0.15) is 5.52 Å². The molecule has 5 rings (SSSR count). The summed E-state index contributed by atoms with van der Waals surface area (Å²) in [7, 11) is 0. The van der Waals surface area contributed by atoms with Crippen LogP contribution in [0.5, 0.6) is 0 Å². The van der Waals surface area contributed by atoms with Crippen molar-refractivity contribution in [2.75, 3.05) is 4.90 Å². The van der Waals surface area contributed by atoms with Crippen LogP contribution >= 0.6 is 0 Å². The second-order valence-electron chi connectivity index (χ2n) is 7.29. The number of carbonyl (C=O) groups excluding carboxylic acids is 1. The van der Waals surface area contributed by atoms with Crippen molar-refractivity contribution < 1.29 is 4.79 Å². The zero-order valence-corrected chi connectivity index (χ0v) is 15.6. The van der Waals surface area contributed by atoms with Gasteiger partial charge in [-0.25, -0.2) is 4.68 Å². The van der Waals surface area contributed by atoms with E-state index in [2.05, 4.69) is 23.3 Å². The molecule has 0 saturated carbocycles. The molecule has 28 heavy (non-hydrogen) atoms. The van der Waals surface area contributed by atoms with Gasteiger partial charge in [0.25, 0.3) is 5.91 Å². The van der Waals surface area contributed by atoms with Crippen LogP contribution in [0.25, 0.3) is 11.0 Å².